The van der Waals surface area contributed by atoms with Crippen LogP contribution in [0.2, 0.25) is 0 Å². The minimum Gasteiger partial charge on any atom is -0.395 e. The molecule has 0 saturated heterocycles. The Bertz CT molecular complexity index is 238. The van der Waals surface area contributed by atoms with Gasteiger partial charge in [0.25, 0.3) is 0 Å². The van der Waals surface area contributed by atoms with E-state index in [0.29, 0.717) is 12.5 Å². The summed E-state index contributed by atoms with van der Waals surface area (Å²) in [5.74, 6) is 0.672. The average molecular weight is 168 g/mol. The molecule has 1 aromatic heterocycles. The minimum absolute atomic E-state index is 0.147. The molecule has 0 amide bonds. The van der Waals surface area contributed by atoms with Crippen LogP contribution < -0.4 is 0 Å². The van der Waals surface area contributed by atoms with E-state index in [-0.39, 0.29) is 5.41 Å². The zero-order valence-electron chi connectivity index (χ0n) is 6.58. The molecule has 1 fully saturated rings. The van der Waals surface area contributed by atoms with Crippen LogP contribution in [-0.4, -0.2) is 11.7 Å². The van der Waals surface area contributed by atoms with Crippen molar-refractivity contribution in [2.45, 2.75) is 18.8 Å². The third kappa shape index (κ3) is 0.932. The van der Waals surface area contributed by atoms with Crippen molar-refractivity contribution in [2.75, 3.05) is 6.61 Å². The van der Waals surface area contributed by atoms with Crippen molar-refractivity contribution in [2.24, 2.45) is 5.92 Å². The van der Waals surface area contributed by atoms with E-state index in [2.05, 4.69) is 24.4 Å². The SMILES string of the molecule is CC1CC1(CO)c1cccs1. The van der Waals surface area contributed by atoms with Crippen LogP contribution in [0.3, 0.4) is 0 Å². The molecule has 0 aromatic carbocycles. The van der Waals surface area contributed by atoms with Gasteiger partial charge in [-0.25, -0.2) is 0 Å². The van der Waals surface area contributed by atoms with Crippen molar-refractivity contribution in [3.05, 3.63) is 22.4 Å². The lowest BCUT2D eigenvalue weighted by molar-refractivity contribution is 0.249. The Balaban J connectivity index is 2.28. The smallest absolute Gasteiger partial charge is 0.0538 e. The zero-order valence-corrected chi connectivity index (χ0v) is 7.40. The predicted octanol–water partition coefficient (Wildman–Crippen LogP) is 2.02. The molecule has 2 unspecified atom stereocenters. The molecule has 2 atom stereocenters. The van der Waals surface area contributed by atoms with Gasteiger partial charge < -0.3 is 5.11 Å². The second kappa shape index (κ2) is 2.32. The molecule has 60 valence electrons. The fourth-order valence-electron chi connectivity index (χ4n) is 1.69. The van der Waals surface area contributed by atoms with Crippen LogP contribution in [-0.2, 0) is 5.41 Å². The van der Waals surface area contributed by atoms with Gasteiger partial charge in [-0.1, -0.05) is 13.0 Å². The monoisotopic (exact) mass is 168 g/mol. The molecule has 11 heavy (non-hydrogen) atoms. The van der Waals surface area contributed by atoms with Crippen molar-refractivity contribution in [1.82, 2.24) is 0 Å². The van der Waals surface area contributed by atoms with E-state index in [1.165, 1.54) is 4.88 Å². The van der Waals surface area contributed by atoms with Crippen molar-refractivity contribution in [1.29, 1.82) is 0 Å². The predicted molar refractivity (Wildman–Crippen MR) is 46.9 cm³/mol. The minimum atomic E-state index is 0.147. The highest BCUT2D eigenvalue weighted by molar-refractivity contribution is 7.10. The zero-order chi connectivity index (χ0) is 7.90. The van der Waals surface area contributed by atoms with Gasteiger partial charge in [-0.15, -0.1) is 11.3 Å². The highest BCUT2D eigenvalue weighted by atomic mass is 32.1. The largest absolute Gasteiger partial charge is 0.395 e. The van der Waals surface area contributed by atoms with Gasteiger partial charge in [0.05, 0.1) is 6.61 Å². The van der Waals surface area contributed by atoms with Crippen LogP contribution in [0.15, 0.2) is 17.5 Å². The molecule has 0 spiro atoms. The lowest BCUT2D eigenvalue weighted by Gasteiger charge is -2.09. The van der Waals surface area contributed by atoms with Gasteiger partial charge >= 0.3 is 0 Å². The Morgan fingerprint density at radius 1 is 1.82 bits per heavy atom. The first-order chi connectivity index (χ1) is 5.29. The van der Waals surface area contributed by atoms with Crippen molar-refractivity contribution >= 4 is 11.3 Å². The van der Waals surface area contributed by atoms with Crippen LogP contribution in [0.25, 0.3) is 0 Å². The summed E-state index contributed by atoms with van der Waals surface area (Å²) in [6, 6.07) is 4.19. The maximum absolute atomic E-state index is 9.21. The fraction of sp³-hybridized carbons (Fsp3) is 0.556. The van der Waals surface area contributed by atoms with Gasteiger partial charge in [-0.2, -0.15) is 0 Å². The van der Waals surface area contributed by atoms with Crippen molar-refractivity contribution < 1.29 is 5.11 Å². The van der Waals surface area contributed by atoms with E-state index in [9.17, 15) is 5.11 Å². The summed E-state index contributed by atoms with van der Waals surface area (Å²) in [4.78, 5) is 1.35. The van der Waals surface area contributed by atoms with E-state index in [1.54, 1.807) is 11.3 Å². The van der Waals surface area contributed by atoms with E-state index in [0.717, 1.165) is 6.42 Å². The molecule has 2 rings (SSSR count). The van der Waals surface area contributed by atoms with E-state index in [4.69, 9.17) is 0 Å². The molecule has 1 aliphatic carbocycles. The molecule has 1 nitrogen and oxygen atoms in total. The second-order valence-electron chi connectivity index (χ2n) is 3.40. The number of rotatable bonds is 2. The molecular formula is C9H12OS. The van der Waals surface area contributed by atoms with E-state index >= 15 is 0 Å². The van der Waals surface area contributed by atoms with Crippen LogP contribution in [0.1, 0.15) is 18.2 Å². The Hall–Kier alpha value is -0.340. The lowest BCUT2D eigenvalue weighted by atomic mass is 10.0. The number of aliphatic hydroxyl groups is 1. The van der Waals surface area contributed by atoms with Gasteiger partial charge in [0.1, 0.15) is 0 Å². The molecule has 0 radical (unpaired) electrons. The van der Waals surface area contributed by atoms with E-state index < -0.39 is 0 Å². The van der Waals surface area contributed by atoms with Gasteiger partial charge in [0.2, 0.25) is 0 Å². The number of thiophene rings is 1. The summed E-state index contributed by atoms with van der Waals surface area (Å²) < 4.78 is 0. The second-order valence-corrected chi connectivity index (χ2v) is 4.34. The maximum atomic E-state index is 9.21. The van der Waals surface area contributed by atoms with E-state index in [1.807, 2.05) is 0 Å². The number of hydrogen-bond donors (Lipinski definition) is 1. The molecular weight excluding hydrogens is 156 g/mol. The first-order valence-corrected chi connectivity index (χ1v) is 4.82. The summed E-state index contributed by atoms with van der Waals surface area (Å²) in [6.45, 7) is 2.52. The highest BCUT2D eigenvalue weighted by Crippen LogP contribution is 2.54. The first kappa shape index (κ1) is 7.32. The molecule has 1 N–H and O–H groups in total. The number of aliphatic hydroxyl groups excluding tert-OH is 1. The highest BCUT2D eigenvalue weighted by Gasteiger charge is 2.52. The molecule has 1 heterocycles. The van der Waals surface area contributed by atoms with Gasteiger partial charge in [0, 0.05) is 10.3 Å². The van der Waals surface area contributed by atoms with Crippen molar-refractivity contribution in [3.8, 4) is 0 Å². The summed E-state index contributed by atoms with van der Waals surface area (Å²) in [5.41, 5.74) is 0.147. The summed E-state index contributed by atoms with van der Waals surface area (Å²) in [7, 11) is 0. The normalized spacial score (nSPS) is 35.6. The maximum Gasteiger partial charge on any atom is 0.0538 e. The topological polar surface area (TPSA) is 20.2 Å². The Kier molecular flexibility index (Phi) is 1.55. The first-order valence-electron chi connectivity index (χ1n) is 3.94. The fourth-order valence-corrected chi connectivity index (χ4v) is 2.74. The standard InChI is InChI=1S/C9H12OS/c1-7-5-9(7,6-10)8-3-2-4-11-8/h2-4,7,10H,5-6H2,1H3. The average Bonchev–Trinajstić information content (AvgIpc) is 2.55. The lowest BCUT2D eigenvalue weighted by Crippen LogP contribution is -2.12. The summed E-state index contributed by atoms with van der Waals surface area (Å²) in [5, 5.41) is 11.3. The summed E-state index contributed by atoms with van der Waals surface area (Å²) >= 11 is 1.76. The quantitative estimate of drug-likeness (QED) is 0.716. The molecule has 0 aliphatic heterocycles. The Morgan fingerprint density at radius 3 is 2.91 bits per heavy atom. The third-order valence-corrected chi connectivity index (χ3v) is 3.84. The van der Waals surface area contributed by atoms with Crippen LogP contribution in [0, 0.1) is 5.92 Å². The van der Waals surface area contributed by atoms with Gasteiger partial charge in [-0.05, 0) is 23.8 Å². The molecule has 2 heteroatoms. The van der Waals surface area contributed by atoms with Crippen LogP contribution in [0.5, 0.6) is 0 Å². The van der Waals surface area contributed by atoms with Gasteiger partial charge in [-0.3, -0.25) is 0 Å². The molecule has 0 bridgehead atoms. The Morgan fingerprint density at radius 2 is 2.55 bits per heavy atom. The van der Waals surface area contributed by atoms with Crippen molar-refractivity contribution in [3.63, 3.8) is 0 Å². The van der Waals surface area contributed by atoms with Crippen LogP contribution in [0.4, 0.5) is 0 Å². The third-order valence-electron chi connectivity index (χ3n) is 2.75. The number of hydrogen-bond acceptors (Lipinski definition) is 2. The summed E-state index contributed by atoms with van der Waals surface area (Å²) in [6.07, 6.45) is 1.16. The Labute approximate surface area is 70.7 Å². The van der Waals surface area contributed by atoms with Gasteiger partial charge in [0.15, 0.2) is 0 Å². The molecule has 1 aromatic rings. The van der Waals surface area contributed by atoms with Crippen LogP contribution >= 0.6 is 11.3 Å². The molecule has 1 saturated carbocycles. The molecule has 1 aliphatic rings.